The minimum atomic E-state index is -4.43. The van der Waals surface area contributed by atoms with Crippen LogP contribution in [0, 0.1) is 5.92 Å². The van der Waals surface area contributed by atoms with Gasteiger partial charge in [-0.05, 0) is 55.4 Å². The lowest BCUT2D eigenvalue weighted by atomic mass is 9.92. The molecule has 2 aliphatic rings. The first-order chi connectivity index (χ1) is 14.8. The molecule has 166 valence electrons. The normalized spacial score (nSPS) is 21.5. The number of aliphatic hydroxyl groups excluding tert-OH is 1. The molecule has 1 amide bonds. The number of halogens is 3. The minimum absolute atomic E-state index is 0.270. The maximum atomic E-state index is 12.9. The number of nitrogens with zero attached hydrogens (tertiary/aromatic N) is 1. The third-order valence-electron chi connectivity index (χ3n) is 5.84. The fourth-order valence-corrected chi connectivity index (χ4v) is 3.75. The van der Waals surface area contributed by atoms with E-state index < -0.39 is 17.8 Å². The van der Waals surface area contributed by atoms with Crippen LogP contribution >= 0.6 is 0 Å². The van der Waals surface area contributed by atoms with Crippen molar-refractivity contribution in [1.82, 2.24) is 10.3 Å². The second kappa shape index (κ2) is 8.86. The summed E-state index contributed by atoms with van der Waals surface area (Å²) in [5, 5.41) is 13.0. The molecule has 0 radical (unpaired) electrons. The Morgan fingerprint density at radius 2 is 1.84 bits per heavy atom. The Balaban J connectivity index is 1.59. The van der Waals surface area contributed by atoms with Crippen molar-refractivity contribution in [3.8, 4) is 17.0 Å². The maximum absolute atomic E-state index is 12.9. The molecule has 2 fully saturated rings. The summed E-state index contributed by atoms with van der Waals surface area (Å²) in [6, 6.07) is 5.99. The average Bonchev–Trinajstić information content (AvgIpc) is 3.58. The Kier molecular flexibility index (Phi) is 6.18. The molecule has 0 spiro atoms. The molecule has 0 bridgehead atoms. The van der Waals surface area contributed by atoms with E-state index >= 15 is 0 Å². The second-order valence-electron chi connectivity index (χ2n) is 8.34. The zero-order chi connectivity index (χ0) is 22.0. The Labute approximate surface area is 178 Å². The van der Waals surface area contributed by atoms with Gasteiger partial charge in [0.25, 0.3) is 5.91 Å². The highest BCUT2D eigenvalue weighted by Crippen LogP contribution is 2.35. The highest BCUT2D eigenvalue weighted by Gasteiger charge is 2.30. The van der Waals surface area contributed by atoms with Crippen LogP contribution in [-0.4, -0.2) is 34.8 Å². The van der Waals surface area contributed by atoms with Gasteiger partial charge >= 0.3 is 6.18 Å². The van der Waals surface area contributed by atoms with Gasteiger partial charge in [-0.25, -0.2) is 4.98 Å². The number of aliphatic hydroxyl groups is 1. The number of carbonyl (C=O) groups excluding carboxylic acids is 1. The molecule has 2 unspecified atom stereocenters. The van der Waals surface area contributed by atoms with Crippen molar-refractivity contribution < 1.29 is 27.8 Å². The van der Waals surface area contributed by atoms with Gasteiger partial charge in [0.05, 0.1) is 29.9 Å². The largest absolute Gasteiger partial charge is 0.477 e. The fourth-order valence-electron chi connectivity index (χ4n) is 3.75. The molecule has 2 saturated carbocycles. The third-order valence-corrected chi connectivity index (χ3v) is 5.84. The predicted molar refractivity (Wildman–Crippen MR) is 109 cm³/mol. The number of aromatic nitrogens is 1. The number of benzene rings is 1. The highest BCUT2D eigenvalue weighted by atomic mass is 19.4. The van der Waals surface area contributed by atoms with Gasteiger partial charge in [0.2, 0.25) is 5.88 Å². The van der Waals surface area contributed by atoms with Crippen molar-refractivity contribution in [2.75, 3.05) is 6.61 Å². The molecule has 8 heteroatoms. The van der Waals surface area contributed by atoms with E-state index in [9.17, 15) is 23.1 Å². The first-order valence-electron chi connectivity index (χ1n) is 10.6. The van der Waals surface area contributed by atoms with E-state index in [1.165, 1.54) is 18.3 Å². The molecule has 1 aromatic carbocycles. The molecular formula is C23H25F3N2O3. The predicted octanol–water partition coefficient (Wildman–Crippen LogP) is 4.59. The first kappa shape index (κ1) is 21.6. The maximum Gasteiger partial charge on any atom is 0.416 e. The van der Waals surface area contributed by atoms with Gasteiger partial charge in [-0.2, -0.15) is 13.2 Å². The van der Waals surface area contributed by atoms with Crippen LogP contribution in [0.15, 0.2) is 36.5 Å². The summed E-state index contributed by atoms with van der Waals surface area (Å²) < 4.78 is 44.6. The standard InChI is InChI=1S/C23H25F3N2O3/c24-23(25,26)17-9-7-15(8-10-17)18-11-16(12-27-22(18)31-13-14-5-6-14)21(30)28-19-3-1-2-4-20(19)29/h7-12,14,19-20,29H,1-6,13H2,(H,28,30). The number of carbonyl (C=O) groups is 1. The summed E-state index contributed by atoms with van der Waals surface area (Å²) in [6.45, 7) is 0.487. The summed E-state index contributed by atoms with van der Waals surface area (Å²) >= 11 is 0. The van der Waals surface area contributed by atoms with Crippen LogP contribution in [0.5, 0.6) is 5.88 Å². The van der Waals surface area contributed by atoms with Gasteiger partial charge < -0.3 is 15.2 Å². The van der Waals surface area contributed by atoms with Crippen LogP contribution in [0.1, 0.15) is 54.4 Å². The zero-order valence-corrected chi connectivity index (χ0v) is 17.0. The lowest BCUT2D eigenvalue weighted by Gasteiger charge is -2.28. The molecule has 1 heterocycles. The molecule has 2 aromatic rings. The van der Waals surface area contributed by atoms with Gasteiger partial charge in [-0.15, -0.1) is 0 Å². The molecule has 0 saturated heterocycles. The summed E-state index contributed by atoms with van der Waals surface area (Å²) in [4.78, 5) is 17.1. The van der Waals surface area contributed by atoms with Crippen LogP contribution in [0.2, 0.25) is 0 Å². The van der Waals surface area contributed by atoms with Gasteiger partial charge in [0, 0.05) is 11.8 Å². The topological polar surface area (TPSA) is 71.5 Å². The highest BCUT2D eigenvalue weighted by molar-refractivity contribution is 5.95. The van der Waals surface area contributed by atoms with E-state index in [1.54, 1.807) is 6.07 Å². The molecule has 2 atom stereocenters. The summed E-state index contributed by atoms with van der Waals surface area (Å²) in [6.07, 6.45) is 1.78. The molecule has 31 heavy (non-hydrogen) atoms. The van der Waals surface area contributed by atoms with Crippen molar-refractivity contribution in [2.24, 2.45) is 5.92 Å². The van der Waals surface area contributed by atoms with Crippen molar-refractivity contribution >= 4 is 5.91 Å². The molecule has 5 nitrogen and oxygen atoms in total. The van der Waals surface area contributed by atoms with Crippen LogP contribution in [-0.2, 0) is 6.18 Å². The quantitative estimate of drug-likeness (QED) is 0.698. The first-order valence-corrected chi connectivity index (χ1v) is 10.6. The van der Waals surface area contributed by atoms with Crippen molar-refractivity contribution in [3.63, 3.8) is 0 Å². The van der Waals surface area contributed by atoms with Crippen molar-refractivity contribution in [2.45, 2.75) is 56.8 Å². The number of amides is 1. The minimum Gasteiger partial charge on any atom is -0.477 e. The summed E-state index contributed by atoms with van der Waals surface area (Å²) in [5.41, 5.74) is 0.473. The average molecular weight is 434 g/mol. The molecule has 2 aliphatic carbocycles. The second-order valence-corrected chi connectivity index (χ2v) is 8.34. The number of hydrogen-bond donors (Lipinski definition) is 2. The smallest absolute Gasteiger partial charge is 0.416 e. The van der Waals surface area contributed by atoms with Gasteiger partial charge in [0.1, 0.15) is 0 Å². The monoisotopic (exact) mass is 434 g/mol. The lowest BCUT2D eigenvalue weighted by Crippen LogP contribution is -2.45. The van der Waals surface area contributed by atoms with Crippen LogP contribution in [0.3, 0.4) is 0 Å². The SMILES string of the molecule is O=C(NC1CCCCC1O)c1cnc(OCC2CC2)c(-c2ccc(C(F)(F)F)cc2)c1. The Bertz CT molecular complexity index is 927. The molecule has 1 aromatic heterocycles. The van der Waals surface area contributed by atoms with Crippen LogP contribution < -0.4 is 10.1 Å². The van der Waals surface area contributed by atoms with Gasteiger partial charge in [-0.1, -0.05) is 25.0 Å². The van der Waals surface area contributed by atoms with Crippen molar-refractivity contribution in [1.29, 1.82) is 0 Å². The Morgan fingerprint density at radius 1 is 1.13 bits per heavy atom. The van der Waals surface area contributed by atoms with Gasteiger partial charge in [0.15, 0.2) is 0 Å². The lowest BCUT2D eigenvalue weighted by molar-refractivity contribution is -0.137. The van der Waals surface area contributed by atoms with E-state index in [2.05, 4.69) is 10.3 Å². The number of pyridine rings is 1. The number of nitrogens with one attached hydrogen (secondary N) is 1. The number of ether oxygens (including phenoxy) is 1. The van der Waals surface area contributed by atoms with E-state index in [0.29, 0.717) is 42.4 Å². The number of hydrogen-bond acceptors (Lipinski definition) is 4. The van der Waals surface area contributed by atoms with E-state index in [4.69, 9.17) is 4.74 Å². The third kappa shape index (κ3) is 5.36. The fraction of sp³-hybridized carbons (Fsp3) is 0.478. The van der Waals surface area contributed by atoms with Crippen LogP contribution in [0.25, 0.3) is 11.1 Å². The van der Waals surface area contributed by atoms with Crippen molar-refractivity contribution in [3.05, 3.63) is 47.7 Å². The summed E-state index contributed by atoms with van der Waals surface area (Å²) in [7, 11) is 0. The molecular weight excluding hydrogens is 409 g/mol. The van der Waals surface area contributed by atoms with Gasteiger partial charge in [-0.3, -0.25) is 4.79 Å². The zero-order valence-electron chi connectivity index (χ0n) is 17.0. The summed E-state index contributed by atoms with van der Waals surface area (Å²) in [5.74, 6) is 0.388. The van der Waals surface area contributed by atoms with Crippen LogP contribution in [0.4, 0.5) is 13.2 Å². The van der Waals surface area contributed by atoms with E-state index in [-0.39, 0.29) is 17.5 Å². The molecule has 4 rings (SSSR count). The van der Waals surface area contributed by atoms with E-state index in [1.807, 2.05) is 0 Å². The molecule has 2 N–H and O–H groups in total. The van der Waals surface area contributed by atoms with E-state index in [0.717, 1.165) is 37.8 Å². The number of rotatable bonds is 6. The number of alkyl halides is 3. The molecule has 0 aliphatic heterocycles. The Hall–Kier alpha value is -2.61. The Morgan fingerprint density at radius 3 is 2.48 bits per heavy atom.